The van der Waals surface area contributed by atoms with Crippen LogP contribution in [0.1, 0.15) is 12.5 Å². The molecule has 1 aliphatic rings. The molecule has 0 bridgehead atoms. The van der Waals surface area contributed by atoms with Gasteiger partial charge in [0.05, 0.1) is 0 Å². The lowest BCUT2D eigenvalue weighted by molar-refractivity contribution is -0.140. The van der Waals surface area contributed by atoms with Gasteiger partial charge < -0.3 is 10.1 Å². The van der Waals surface area contributed by atoms with Crippen LogP contribution in [0.15, 0.2) is 72.8 Å². The highest BCUT2D eigenvalue weighted by Gasteiger charge is 2.49. The monoisotopic (exact) mass is 374 g/mol. The average molecular weight is 374 g/mol. The third-order valence-electron chi connectivity index (χ3n) is 4.86. The maximum Gasteiger partial charge on any atom is 0.331 e. The van der Waals surface area contributed by atoms with E-state index in [9.17, 15) is 14.4 Å². The lowest BCUT2D eigenvalue weighted by Gasteiger charge is -2.22. The molecule has 1 aliphatic heterocycles. The molecule has 1 fully saturated rings. The number of carbonyl (C=O) groups is 3. The second kappa shape index (κ2) is 6.81. The molecule has 140 valence electrons. The second-order valence-corrected chi connectivity index (χ2v) is 6.80. The van der Waals surface area contributed by atoms with Gasteiger partial charge in [0.2, 0.25) is 0 Å². The predicted molar refractivity (Wildman–Crippen MR) is 104 cm³/mol. The molecule has 1 heterocycles. The Kier molecular flexibility index (Phi) is 4.31. The molecule has 0 spiro atoms. The molecule has 0 saturated carbocycles. The van der Waals surface area contributed by atoms with E-state index in [1.165, 1.54) is 0 Å². The van der Waals surface area contributed by atoms with Gasteiger partial charge in [0, 0.05) is 0 Å². The molecule has 1 saturated heterocycles. The zero-order valence-electron chi connectivity index (χ0n) is 15.2. The van der Waals surface area contributed by atoms with Gasteiger partial charge in [-0.05, 0) is 41.5 Å². The molecule has 1 atom stereocenters. The predicted octanol–water partition coefficient (Wildman–Crippen LogP) is 3.21. The fourth-order valence-corrected chi connectivity index (χ4v) is 3.32. The summed E-state index contributed by atoms with van der Waals surface area (Å²) in [5.74, 6) is -0.813. The third-order valence-corrected chi connectivity index (χ3v) is 4.86. The van der Waals surface area contributed by atoms with Crippen LogP contribution in [0.5, 0.6) is 5.75 Å². The summed E-state index contributed by atoms with van der Waals surface area (Å²) in [6.07, 6.45) is 0. The Morgan fingerprint density at radius 2 is 1.64 bits per heavy atom. The van der Waals surface area contributed by atoms with E-state index in [4.69, 9.17) is 4.74 Å². The van der Waals surface area contributed by atoms with Gasteiger partial charge >= 0.3 is 12.0 Å². The van der Waals surface area contributed by atoms with Gasteiger partial charge in [-0.15, -0.1) is 0 Å². The zero-order valence-corrected chi connectivity index (χ0v) is 15.2. The number of hydrogen-bond acceptors (Lipinski definition) is 4. The number of hydrogen-bond donors (Lipinski definition) is 1. The summed E-state index contributed by atoms with van der Waals surface area (Å²) in [6, 6.07) is 21.2. The molecule has 0 unspecified atom stereocenters. The SMILES string of the molecule is C[C@]1(c2ccc3ccccc3c2)NC(=O)N(CC(=O)Oc2ccccc2)C1=O. The van der Waals surface area contributed by atoms with Gasteiger partial charge in [-0.1, -0.05) is 54.6 Å². The van der Waals surface area contributed by atoms with Crippen molar-refractivity contribution in [1.29, 1.82) is 0 Å². The first-order valence-corrected chi connectivity index (χ1v) is 8.86. The topological polar surface area (TPSA) is 75.7 Å². The third kappa shape index (κ3) is 3.09. The first-order valence-electron chi connectivity index (χ1n) is 8.86. The molecule has 4 rings (SSSR count). The van der Waals surface area contributed by atoms with Gasteiger partial charge in [0.25, 0.3) is 5.91 Å². The molecular formula is C22H18N2O4. The van der Waals surface area contributed by atoms with Crippen LogP contribution in [0.4, 0.5) is 4.79 Å². The molecule has 3 aromatic rings. The maximum atomic E-state index is 13.0. The number of nitrogens with one attached hydrogen (secondary N) is 1. The number of para-hydroxylation sites is 1. The number of benzene rings is 3. The van der Waals surface area contributed by atoms with E-state index in [-0.39, 0.29) is 0 Å². The highest BCUT2D eigenvalue weighted by Crippen LogP contribution is 2.31. The largest absolute Gasteiger partial charge is 0.425 e. The molecule has 3 amide bonds. The van der Waals surface area contributed by atoms with Gasteiger partial charge in [-0.25, -0.2) is 9.59 Å². The van der Waals surface area contributed by atoms with Crippen LogP contribution in [0.2, 0.25) is 0 Å². The van der Waals surface area contributed by atoms with Crippen molar-refractivity contribution in [3.05, 3.63) is 78.4 Å². The summed E-state index contributed by atoms with van der Waals surface area (Å²) in [5, 5.41) is 4.71. The average Bonchev–Trinajstić information content (AvgIpc) is 2.92. The van der Waals surface area contributed by atoms with Crippen molar-refractivity contribution < 1.29 is 19.1 Å². The molecule has 1 N–H and O–H groups in total. The number of imide groups is 1. The Balaban J connectivity index is 1.56. The van der Waals surface area contributed by atoms with Gasteiger partial charge in [0.15, 0.2) is 0 Å². The van der Waals surface area contributed by atoms with Gasteiger partial charge in [-0.2, -0.15) is 0 Å². The minimum absolute atomic E-state index is 0.358. The fourth-order valence-electron chi connectivity index (χ4n) is 3.32. The highest BCUT2D eigenvalue weighted by atomic mass is 16.5. The summed E-state index contributed by atoms with van der Waals surface area (Å²) in [5.41, 5.74) is -0.586. The number of rotatable bonds is 4. The molecule has 0 radical (unpaired) electrons. The van der Waals surface area contributed by atoms with Crippen molar-refractivity contribution in [1.82, 2.24) is 10.2 Å². The summed E-state index contributed by atoms with van der Waals surface area (Å²) in [7, 11) is 0. The first kappa shape index (κ1) is 17.7. The summed E-state index contributed by atoms with van der Waals surface area (Å²) < 4.78 is 5.19. The first-order chi connectivity index (χ1) is 13.5. The lowest BCUT2D eigenvalue weighted by Crippen LogP contribution is -2.42. The van der Waals surface area contributed by atoms with E-state index < -0.39 is 30.0 Å². The minimum atomic E-state index is -1.24. The van der Waals surface area contributed by atoms with E-state index in [0.717, 1.165) is 15.7 Å². The Bertz CT molecular complexity index is 1080. The Morgan fingerprint density at radius 3 is 2.39 bits per heavy atom. The number of nitrogens with zero attached hydrogens (tertiary/aromatic N) is 1. The Morgan fingerprint density at radius 1 is 0.964 bits per heavy atom. The Hall–Kier alpha value is -3.67. The van der Waals surface area contributed by atoms with E-state index in [1.54, 1.807) is 37.3 Å². The summed E-state index contributed by atoms with van der Waals surface area (Å²) >= 11 is 0. The van der Waals surface area contributed by atoms with Crippen LogP contribution < -0.4 is 10.1 Å². The van der Waals surface area contributed by atoms with Gasteiger partial charge in [-0.3, -0.25) is 9.69 Å². The molecule has 0 aromatic heterocycles. The van der Waals surface area contributed by atoms with E-state index in [1.807, 2.05) is 42.5 Å². The molecule has 0 aliphatic carbocycles. The van der Waals surface area contributed by atoms with Crippen molar-refractivity contribution in [3.63, 3.8) is 0 Å². The molecule has 3 aromatic carbocycles. The van der Waals surface area contributed by atoms with Gasteiger partial charge in [0.1, 0.15) is 17.8 Å². The Labute approximate surface area is 161 Å². The van der Waals surface area contributed by atoms with Crippen molar-refractivity contribution in [3.8, 4) is 5.75 Å². The van der Waals surface area contributed by atoms with Crippen molar-refractivity contribution >= 4 is 28.7 Å². The normalized spacial score (nSPS) is 19.0. The van der Waals surface area contributed by atoms with E-state index in [2.05, 4.69) is 5.32 Å². The van der Waals surface area contributed by atoms with Crippen LogP contribution in [0, 0.1) is 0 Å². The number of carbonyl (C=O) groups excluding carboxylic acids is 3. The molecular weight excluding hydrogens is 356 g/mol. The van der Waals surface area contributed by atoms with Crippen LogP contribution in [0.3, 0.4) is 0 Å². The van der Waals surface area contributed by atoms with Crippen LogP contribution in [-0.4, -0.2) is 29.4 Å². The number of urea groups is 1. The standard InChI is InChI=1S/C22H18N2O4/c1-22(17-12-11-15-7-5-6-8-16(15)13-17)20(26)24(21(27)23-22)14-19(25)28-18-9-3-2-4-10-18/h2-13H,14H2,1H3,(H,23,27)/t22-/m1/s1. The number of fused-ring (bicyclic) bond motifs is 1. The molecule has 28 heavy (non-hydrogen) atoms. The fraction of sp³-hybridized carbons (Fsp3) is 0.136. The minimum Gasteiger partial charge on any atom is -0.425 e. The quantitative estimate of drug-likeness (QED) is 0.432. The van der Waals surface area contributed by atoms with Crippen LogP contribution >= 0.6 is 0 Å². The zero-order chi connectivity index (χ0) is 19.7. The maximum absolute atomic E-state index is 13.0. The van der Waals surface area contributed by atoms with Crippen molar-refractivity contribution in [2.24, 2.45) is 0 Å². The second-order valence-electron chi connectivity index (χ2n) is 6.80. The van der Waals surface area contributed by atoms with E-state index in [0.29, 0.717) is 11.3 Å². The van der Waals surface area contributed by atoms with Crippen LogP contribution in [0.25, 0.3) is 10.8 Å². The number of amides is 3. The van der Waals surface area contributed by atoms with Crippen LogP contribution in [-0.2, 0) is 15.1 Å². The van der Waals surface area contributed by atoms with Crippen molar-refractivity contribution in [2.45, 2.75) is 12.5 Å². The van der Waals surface area contributed by atoms with E-state index >= 15 is 0 Å². The summed E-state index contributed by atoms with van der Waals surface area (Å²) in [6.45, 7) is 1.18. The highest BCUT2D eigenvalue weighted by molar-refractivity contribution is 6.09. The number of ether oxygens (including phenoxy) is 1. The van der Waals surface area contributed by atoms with Crippen molar-refractivity contribution in [2.75, 3.05) is 6.54 Å². The molecule has 6 nitrogen and oxygen atoms in total. The number of esters is 1. The summed E-state index contributed by atoms with van der Waals surface area (Å²) in [4.78, 5) is 38.5. The lowest BCUT2D eigenvalue weighted by atomic mass is 9.90. The molecule has 6 heteroatoms. The smallest absolute Gasteiger partial charge is 0.331 e.